The van der Waals surface area contributed by atoms with E-state index in [1.165, 1.54) is 11.3 Å². The van der Waals surface area contributed by atoms with Gasteiger partial charge < -0.3 is 5.32 Å². The second kappa shape index (κ2) is 7.50. The second-order valence-electron chi connectivity index (χ2n) is 5.23. The van der Waals surface area contributed by atoms with Gasteiger partial charge in [0.15, 0.2) is 9.90 Å². The fourth-order valence-electron chi connectivity index (χ4n) is 2.30. The lowest BCUT2D eigenvalue weighted by Gasteiger charge is -2.05. The molecule has 8 heteroatoms. The van der Waals surface area contributed by atoms with E-state index < -0.39 is 0 Å². The summed E-state index contributed by atoms with van der Waals surface area (Å²) in [5.74, 6) is 0.626. The Morgan fingerprint density at radius 2 is 2.17 bits per heavy atom. The summed E-state index contributed by atoms with van der Waals surface area (Å²) < 4.78 is 2.18. The highest BCUT2D eigenvalue weighted by molar-refractivity contribution is 7.71. The van der Waals surface area contributed by atoms with E-state index in [0.29, 0.717) is 9.90 Å². The van der Waals surface area contributed by atoms with Crippen molar-refractivity contribution in [3.05, 3.63) is 46.3 Å². The average Bonchev–Trinajstić information content (AvgIpc) is 3.18. The lowest BCUT2D eigenvalue weighted by Crippen LogP contribution is -2.20. The molecule has 1 amide bonds. The van der Waals surface area contributed by atoms with Crippen LogP contribution < -0.4 is 5.32 Å². The SMILES string of the molecule is CCCc1n[nH]c(=S)n1CC(=O)Nc1nc(-c2ccccc2)cs1. The van der Waals surface area contributed by atoms with E-state index in [0.717, 1.165) is 29.9 Å². The van der Waals surface area contributed by atoms with Gasteiger partial charge in [-0.3, -0.25) is 14.5 Å². The molecule has 0 radical (unpaired) electrons. The minimum Gasteiger partial charge on any atom is -0.300 e. The Bertz CT molecular complexity index is 881. The number of aryl methyl sites for hydroxylation is 1. The lowest BCUT2D eigenvalue weighted by molar-refractivity contribution is -0.116. The number of rotatable bonds is 6. The Balaban J connectivity index is 1.69. The zero-order valence-electron chi connectivity index (χ0n) is 13.2. The summed E-state index contributed by atoms with van der Waals surface area (Å²) in [7, 11) is 0. The minimum absolute atomic E-state index is 0.130. The first-order valence-corrected chi connectivity index (χ1v) is 8.91. The first-order valence-electron chi connectivity index (χ1n) is 7.62. The van der Waals surface area contributed by atoms with E-state index in [-0.39, 0.29) is 12.5 Å². The molecule has 0 bridgehead atoms. The van der Waals surface area contributed by atoms with E-state index >= 15 is 0 Å². The van der Waals surface area contributed by atoms with Gasteiger partial charge in [-0.15, -0.1) is 11.3 Å². The van der Waals surface area contributed by atoms with Crippen LogP contribution in [0, 0.1) is 4.77 Å². The fourth-order valence-corrected chi connectivity index (χ4v) is 3.25. The summed E-state index contributed by atoms with van der Waals surface area (Å²) in [5.41, 5.74) is 1.87. The van der Waals surface area contributed by atoms with Gasteiger partial charge in [0.2, 0.25) is 5.91 Å². The zero-order valence-corrected chi connectivity index (χ0v) is 14.8. The smallest absolute Gasteiger partial charge is 0.246 e. The van der Waals surface area contributed by atoms with Crippen LogP contribution in [-0.4, -0.2) is 25.7 Å². The number of H-pyrrole nitrogens is 1. The number of benzene rings is 1. The number of carbonyl (C=O) groups is 1. The number of amides is 1. The van der Waals surface area contributed by atoms with Crippen LogP contribution in [0.1, 0.15) is 19.2 Å². The summed E-state index contributed by atoms with van der Waals surface area (Å²) in [6, 6.07) is 9.86. The number of anilines is 1. The average molecular weight is 359 g/mol. The largest absolute Gasteiger partial charge is 0.300 e. The monoisotopic (exact) mass is 359 g/mol. The summed E-state index contributed by atoms with van der Waals surface area (Å²) in [6.07, 6.45) is 1.71. The maximum atomic E-state index is 12.3. The van der Waals surface area contributed by atoms with Gasteiger partial charge in [0.25, 0.3) is 0 Å². The molecular weight excluding hydrogens is 342 g/mol. The number of aromatic amines is 1. The predicted molar refractivity (Wildman–Crippen MR) is 97.6 cm³/mol. The number of nitrogens with one attached hydrogen (secondary N) is 2. The van der Waals surface area contributed by atoms with Crippen LogP contribution in [0.3, 0.4) is 0 Å². The van der Waals surface area contributed by atoms with Crippen LogP contribution in [0.25, 0.3) is 11.3 Å². The second-order valence-corrected chi connectivity index (χ2v) is 6.48. The van der Waals surface area contributed by atoms with Gasteiger partial charge in [0.05, 0.1) is 5.69 Å². The summed E-state index contributed by atoms with van der Waals surface area (Å²) in [6.45, 7) is 2.19. The Morgan fingerprint density at radius 1 is 1.38 bits per heavy atom. The highest BCUT2D eigenvalue weighted by Crippen LogP contribution is 2.24. The standard InChI is InChI=1S/C16H17N5OS2/c1-2-6-13-19-20-16(23)21(13)9-14(22)18-15-17-12(10-24-15)11-7-4-3-5-8-11/h3-5,7-8,10H,2,6,9H2,1H3,(H,20,23)(H,17,18,22). The zero-order chi connectivity index (χ0) is 16.9. The molecule has 0 spiro atoms. The van der Waals surface area contributed by atoms with Gasteiger partial charge in [0, 0.05) is 17.4 Å². The van der Waals surface area contributed by atoms with Gasteiger partial charge in [0.1, 0.15) is 12.4 Å². The van der Waals surface area contributed by atoms with Crippen molar-refractivity contribution in [1.82, 2.24) is 19.7 Å². The molecule has 3 rings (SSSR count). The normalized spacial score (nSPS) is 10.7. The number of carbonyl (C=O) groups excluding carboxylic acids is 1. The van der Waals surface area contributed by atoms with Crippen LogP contribution in [0.4, 0.5) is 5.13 Å². The molecule has 0 unspecified atom stereocenters. The molecule has 0 aliphatic heterocycles. The molecule has 6 nitrogen and oxygen atoms in total. The number of hydrogen-bond donors (Lipinski definition) is 2. The van der Waals surface area contributed by atoms with Crippen molar-refractivity contribution in [1.29, 1.82) is 0 Å². The molecule has 0 aliphatic rings. The van der Waals surface area contributed by atoms with Crippen molar-refractivity contribution in [2.45, 2.75) is 26.3 Å². The Morgan fingerprint density at radius 3 is 2.92 bits per heavy atom. The molecular formula is C16H17N5OS2. The third-order valence-electron chi connectivity index (χ3n) is 3.43. The maximum Gasteiger partial charge on any atom is 0.246 e. The van der Waals surface area contributed by atoms with Gasteiger partial charge >= 0.3 is 0 Å². The minimum atomic E-state index is -0.168. The molecule has 2 N–H and O–H groups in total. The van der Waals surface area contributed by atoms with E-state index in [9.17, 15) is 4.79 Å². The highest BCUT2D eigenvalue weighted by atomic mass is 32.1. The van der Waals surface area contributed by atoms with Gasteiger partial charge in [-0.1, -0.05) is 37.3 Å². The van der Waals surface area contributed by atoms with Crippen molar-refractivity contribution >= 4 is 34.6 Å². The highest BCUT2D eigenvalue weighted by Gasteiger charge is 2.12. The number of aromatic nitrogens is 4. The molecule has 0 saturated carbocycles. The molecule has 24 heavy (non-hydrogen) atoms. The van der Waals surface area contributed by atoms with Crippen molar-refractivity contribution in [2.24, 2.45) is 0 Å². The third-order valence-corrected chi connectivity index (χ3v) is 4.50. The first-order chi connectivity index (χ1) is 11.7. The number of thiazole rings is 1. The fraction of sp³-hybridized carbons (Fsp3) is 0.250. The van der Waals surface area contributed by atoms with E-state index in [4.69, 9.17) is 12.2 Å². The maximum absolute atomic E-state index is 12.3. The Kier molecular flexibility index (Phi) is 5.17. The molecule has 0 fully saturated rings. The van der Waals surface area contributed by atoms with E-state index in [1.54, 1.807) is 4.57 Å². The molecule has 0 saturated heterocycles. The van der Waals surface area contributed by atoms with Crippen LogP contribution in [0.5, 0.6) is 0 Å². The van der Waals surface area contributed by atoms with Crippen LogP contribution >= 0.6 is 23.6 Å². The molecule has 124 valence electrons. The quantitative estimate of drug-likeness (QED) is 0.659. The van der Waals surface area contributed by atoms with Crippen molar-refractivity contribution < 1.29 is 4.79 Å². The molecule has 3 aromatic rings. The molecule has 0 aliphatic carbocycles. The third kappa shape index (κ3) is 3.77. The predicted octanol–water partition coefficient (Wildman–Crippen LogP) is 3.66. The van der Waals surface area contributed by atoms with E-state index in [1.807, 2.05) is 35.7 Å². The summed E-state index contributed by atoms with van der Waals surface area (Å²) in [4.78, 5) is 16.7. The first kappa shape index (κ1) is 16.5. The van der Waals surface area contributed by atoms with Crippen LogP contribution in [0.2, 0.25) is 0 Å². The van der Waals surface area contributed by atoms with E-state index in [2.05, 4.69) is 27.4 Å². The lowest BCUT2D eigenvalue weighted by atomic mass is 10.2. The molecule has 1 aromatic carbocycles. The van der Waals surface area contributed by atoms with Crippen molar-refractivity contribution in [3.8, 4) is 11.3 Å². The number of hydrogen-bond acceptors (Lipinski definition) is 5. The van der Waals surface area contributed by atoms with Gasteiger partial charge in [-0.2, -0.15) is 5.10 Å². The van der Waals surface area contributed by atoms with Gasteiger partial charge in [-0.05, 0) is 18.6 Å². The van der Waals surface area contributed by atoms with Crippen LogP contribution in [-0.2, 0) is 17.8 Å². The Labute approximate surface area is 148 Å². The molecule has 2 heterocycles. The molecule has 0 atom stereocenters. The number of nitrogens with zero attached hydrogens (tertiary/aromatic N) is 3. The Hall–Kier alpha value is -2.32. The topological polar surface area (TPSA) is 75.6 Å². The van der Waals surface area contributed by atoms with Crippen LogP contribution in [0.15, 0.2) is 35.7 Å². The van der Waals surface area contributed by atoms with Crippen molar-refractivity contribution in [2.75, 3.05) is 5.32 Å². The van der Waals surface area contributed by atoms with Crippen molar-refractivity contribution in [3.63, 3.8) is 0 Å². The van der Waals surface area contributed by atoms with Gasteiger partial charge in [-0.25, -0.2) is 4.98 Å². The summed E-state index contributed by atoms with van der Waals surface area (Å²) in [5, 5.41) is 12.2. The summed E-state index contributed by atoms with van der Waals surface area (Å²) >= 11 is 6.59. The molecule has 2 aromatic heterocycles.